The predicted molar refractivity (Wildman–Crippen MR) is 70.7 cm³/mol. The van der Waals surface area contributed by atoms with Crippen molar-refractivity contribution < 1.29 is 31.1 Å². The summed E-state index contributed by atoms with van der Waals surface area (Å²) < 4.78 is 66.1. The fraction of sp³-hybridized carbons (Fsp3) is 0.417. The Balaban J connectivity index is 3.59. The van der Waals surface area contributed by atoms with Crippen LogP contribution in [0.25, 0.3) is 0 Å². The summed E-state index contributed by atoms with van der Waals surface area (Å²) in [6.07, 6.45) is -4.65. The second-order valence-electron chi connectivity index (χ2n) is 4.40. The van der Waals surface area contributed by atoms with E-state index in [4.69, 9.17) is 0 Å². The van der Waals surface area contributed by atoms with Gasteiger partial charge in [0.25, 0.3) is 0 Å². The molecule has 1 rings (SSSR count). The Labute approximate surface area is 121 Å². The number of carbonyl (C=O) groups is 1. The fourth-order valence-corrected chi connectivity index (χ4v) is 2.45. The van der Waals surface area contributed by atoms with Gasteiger partial charge < -0.3 is 4.74 Å². The van der Waals surface area contributed by atoms with E-state index < -0.39 is 34.6 Å². The van der Waals surface area contributed by atoms with E-state index in [1.54, 1.807) is 0 Å². The summed E-state index contributed by atoms with van der Waals surface area (Å²) in [5.41, 5.74) is -1.66. The minimum absolute atomic E-state index is 0.251. The van der Waals surface area contributed by atoms with E-state index in [1.165, 1.54) is 13.8 Å². The average Bonchev–Trinajstić information content (AvgIpc) is 2.35. The van der Waals surface area contributed by atoms with E-state index in [9.17, 15) is 26.4 Å². The third-order valence-corrected chi connectivity index (χ3v) is 3.67. The third kappa shape index (κ3) is 3.87. The second-order valence-corrected chi connectivity index (χ2v) is 5.30. The molecule has 0 bridgehead atoms. The van der Waals surface area contributed by atoms with Crippen LogP contribution in [0, 0.1) is 0 Å². The normalized spacial score (nSPS) is 11.8. The van der Waals surface area contributed by atoms with Crippen LogP contribution in [-0.2, 0) is 21.8 Å². The lowest BCUT2D eigenvalue weighted by molar-refractivity contribution is -0.137. The molecule has 0 heterocycles. The number of esters is 1. The molecule has 0 fully saturated rings. The first-order chi connectivity index (χ1) is 9.59. The number of thiol groups is 1. The summed E-state index contributed by atoms with van der Waals surface area (Å²) in [6.45, 7) is 2.96. The number of hydrogen-bond acceptors (Lipinski definition) is 4. The van der Waals surface area contributed by atoms with Gasteiger partial charge in [-0.1, -0.05) is 0 Å². The van der Waals surface area contributed by atoms with Gasteiger partial charge in [0.2, 0.25) is 10.9 Å². The van der Waals surface area contributed by atoms with Crippen molar-refractivity contribution in [3.05, 3.63) is 29.3 Å². The Morgan fingerprint density at radius 1 is 1.29 bits per heavy atom. The van der Waals surface area contributed by atoms with Crippen LogP contribution in [0.5, 0.6) is 0 Å². The average molecular weight is 325 g/mol. The smallest absolute Gasteiger partial charge is 0.416 e. The van der Waals surface area contributed by atoms with Gasteiger partial charge in [-0.3, -0.25) is 4.31 Å². The fourth-order valence-electron chi connectivity index (χ4n) is 1.73. The number of anilines is 1. The number of carbonyl (C=O) groups excluding carboxylic acids is 1. The summed E-state index contributed by atoms with van der Waals surface area (Å²) in [4.78, 5) is 11.6. The summed E-state index contributed by atoms with van der Waals surface area (Å²) >= 11 is 0. The van der Waals surface area contributed by atoms with Crippen LogP contribution in [0.3, 0.4) is 0 Å². The molecule has 5 nitrogen and oxygen atoms in total. The van der Waals surface area contributed by atoms with Crippen LogP contribution in [0.2, 0.25) is 0 Å². The molecular formula is C12H14F3NO4S. The van der Waals surface area contributed by atoms with Crippen molar-refractivity contribution in [2.75, 3.05) is 11.4 Å². The number of methoxy groups -OCH3 is 1. The molecule has 1 aromatic carbocycles. The second kappa shape index (κ2) is 6.33. The lowest BCUT2D eigenvalue weighted by atomic mass is 10.1. The molecule has 0 aliphatic heterocycles. The van der Waals surface area contributed by atoms with Crippen LogP contribution in [-0.4, -0.2) is 27.5 Å². The lowest BCUT2D eigenvalue weighted by Gasteiger charge is -2.24. The molecule has 0 saturated carbocycles. The van der Waals surface area contributed by atoms with Gasteiger partial charge in [0.05, 0.1) is 23.9 Å². The van der Waals surface area contributed by atoms with Crippen LogP contribution < -0.4 is 4.31 Å². The SMILES string of the molecule is COC(=O)c1ccc(C(F)(F)F)cc1N(C(C)C)[SH](=O)=O. The molecule has 0 atom stereocenters. The molecule has 0 aromatic heterocycles. The van der Waals surface area contributed by atoms with Gasteiger partial charge in [0.1, 0.15) is 0 Å². The van der Waals surface area contributed by atoms with E-state index in [0.29, 0.717) is 12.1 Å². The van der Waals surface area contributed by atoms with Gasteiger partial charge in [0, 0.05) is 6.04 Å². The van der Waals surface area contributed by atoms with Crippen LogP contribution >= 0.6 is 0 Å². The number of ether oxygens (including phenoxy) is 1. The van der Waals surface area contributed by atoms with Crippen LogP contribution in [0.4, 0.5) is 18.9 Å². The molecule has 21 heavy (non-hydrogen) atoms. The quantitative estimate of drug-likeness (QED) is 0.681. The Morgan fingerprint density at radius 3 is 2.24 bits per heavy atom. The molecule has 0 saturated heterocycles. The molecule has 0 aliphatic rings. The number of nitrogens with zero attached hydrogens (tertiary/aromatic N) is 1. The summed E-state index contributed by atoms with van der Waals surface area (Å²) in [7, 11) is -2.16. The highest BCUT2D eigenvalue weighted by atomic mass is 32.2. The molecule has 0 amide bonds. The van der Waals surface area contributed by atoms with Gasteiger partial charge in [-0.15, -0.1) is 0 Å². The van der Waals surface area contributed by atoms with E-state index in [0.717, 1.165) is 17.5 Å². The van der Waals surface area contributed by atoms with Gasteiger partial charge in [0.15, 0.2) is 0 Å². The first-order valence-electron chi connectivity index (χ1n) is 5.82. The molecule has 118 valence electrons. The first kappa shape index (κ1) is 17.3. The van der Waals surface area contributed by atoms with E-state index in [-0.39, 0.29) is 11.3 Å². The maximum Gasteiger partial charge on any atom is 0.416 e. The van der Waals surface area contributed by atoms with Crippen molar-refractivity contribution >= 4 is 22.5 Å². The summed E-state index contributed by atoms with van der Waals surface area (Å²) in [5, 5.41) is 0. The van der Waals surface area contributed by atoms with Crippen LogP contribution in [0.15, 0.2) is 18.2 Å². The van der Waals surface area contributed by atoms with Crippen molar-refractivity contribution in [3.63, 3.8) is 0 Å². The Bertz CT molecular complexity index is 603. The van der Waals surface area contributed by atoms with Gasteiger partial charge in [-0.05, 0) is 32.0 Å². The largest absolute Gasteiger partial charge is 0.465 e. The molecule has 0 N–H and O–H groups in total. The Kier molecular flexibility index (Phi) is 5.21. The zero-order valence-corrected chi connectivity index (χ0v) is 12.4. The van der Waals surface area contributed by atoms with E-state index in [1.807, 2.05) is 0 Å². The first-order valence-corrected chi connectivity index (χ1v) is 6.95. The van der Waals surface area contributed by atoms with E-state index >= 15 is 0 Å². The highest BCUT2D eigenvalue weighted by Crippen LogP contribution is 2.34. The zero-order chi connectivity index (χ0) is 16.4. The number of benzene rings is 1. The molecule has 9 heteroatoms. The number of halogens is 3. The number of hydrogen-bond donors (Lipinski definition) is 1. The standard InChI is InChI=1S/C12H14F3NO4S/c1-7(2)16(21(18)19)10-6-8(12(13,14)15)4-5-9(10)11(17)20-3/h4-7,21H,1-3H3. The maximum atomic E-state index is 12.8. The number of rotatable bonds is 4. The van der Waals surface area contributed by atoms with Crippen molar-refractivity contribution in [1.82, 2.24) is 0 Å². The maximum absolute atomic E-state index is 12.8. The van der Waals surface area contributed by atoms with Crippen LogP contribution in [0.1, 0.15) is 29.8 Å². The molecular weight excluding hydrogens is 311 g/mol. The highest BCUT2D eigenvalue weighted by Gasteiger charge is 2.33. The molecule has 0 radical (unpaired) electrons. The zero-order valence-electron chi connectivity index (χ0n) is 11.5. The highest BCUT2D eigenvalue weighted by molar-refractivity contribution is 7.74. The Hall–Kier alpha value is -1.77. The van der Waals surface area contributed by atoms with Crippen molar-refractivity contribution in [2.24, 2.45) is 0 Å². The van der Waals surface area contributed by atoms with E-state index in [2.05, 4.69) is 4.74 Å². The molecule has 0 aliphatic carbocycles. The van der Waals surface area contributed by atoms with Gasteiger partial charge >= 0.3 is 12.1 Å². The van der Waals surface area contributed by atoms with Crippen molar-refractivity contribution in [2.45, 2.75) is 26.1 Å². The predicted octanol–water partition coefficient (Wildman–Crippen LogP) is 2.23. The topological polar surface area (TPSA) is 63.7 Å². The van der Waals surface area contributed by atoms with Gasteiger partial charge in [-0.25, -0.2) is 13.2 Å². The molecule has 0 spiro atoms. The summed E-state index contributed by atoms with van der Waals surface area (Å²) in [5.74, 6) is -0.916. The van der Waals surface area contributed by atoms with Gasteiger partial charge in [-0.2, -0.15) is 13.2 Å². The Morgan fingerprint density at radius 2 is 1.86 bits per heavy atom. The minimum atomic E-state index is -4.65. The third-order valence-electron chi connectivity index (χ3n) is 2.64. The molecule has 0 unspecified atom stereocenters. The minimum Gasteiger partial charge on any atom is -0.465 e. The van der Waals surface area contributed by atoms with Crippen molar-refractivity contribution in [3.8, 4) is 0 Å². The monoisotopic (exact) mass is 325 g/mol. The molecule has 1 aromatic rings. The number of alkyl halides is 3. The van der Waals surface area contributed by atoms with Crippen molar-refractivity contribution in [1.29, 1.82) is 0 Å². The lowest BCUT2D eigenvalue weighted by Crippen LogP contribution is -2.31. The summed E-state index contributed by atoms with van der Waals surface area (Å²) in [6, 6.07) is 1.57.